The van der Waals surface area contributed by atoms with Gasteiger partial charge in [0.1, 0.15) is 4.47 Å². The fraction of sp³-hybridized carbons (Fsp3) is 0.714. The van der Waals surface area contributed by atoms with Crippen molar-refractivity contribution in [2.45, 2.75) is 39.8 Å². The maximum Gasteiger partial charge on any atom is 0.283 e. The summed E-state index contributed by atoms with van der Waals surface area (Å²) in [6.45, 7) is 7.18. The van der Waals surface area contributed by atoms with Gasteiger partial charge in [-0.3, -0.25) is 4.79 Å². The predicted molar refractivity (Wildman–Crippen MR) is 86.6 cm³/mol. The van der Waals surface area contributed by atoms with Crippen molar-refractivity contribution < 1.29 is 9.84 Å². The molecule has 0 radical (unpaired) electrons. The number of anilines is 1. The minimum absolute atomic E-state index is 0.0369. The van der Waals surface area contributed by atoms with Gasteiger partial charge in [-0.1, -0.05) is 20.8 Å². The van der Waals surface area contributed by atoms with Gasteiger partial charge in [-0.05, 0) is 27.8 Å². The molecule has 0 fully saturated rings. The zero-order valence-corrected chi connectivity index (χ0v) is 14.6. The minimum atomic E-state index is -0.200. The molecule has 7 heteroatoms. The third-order valence-electron chi connectivity index (χ3n) is 3.28. The maximum absolute atomic E-state index is 12.2. The highest BCUT2D eigenvalue weighted by molar-refractivity contribution is 9.10. The van der Waals surface area contributed by atoms with E-state index in [1.807, 2.05) is 0 Å². The number of methoxy groups -OCH3 is 1. The van der Waals surface area contributed by atoms with Crippen molar-refractivity contribution in [1.29, 1.82) is 0 Å². The van der Waals surface area contributed by atoms with Crippen molar-refractivity contribution in [2.75, 3.05) is 25.6 Å². The van der Waals surface area contributed by atoms with E-state index in [4.69, 9.17) is 4.74 Å². The van der Waals surface area contributed by atoms with Crippen molar-refractivity contribution in [3.05, 3.63) is 21.0 Å². The number of aromatic nitrogens is 2. The van der Waals surface area contributed by atoms with Crippen LogP contribution in [0.25, 0.3) is 0 Å². The van der Waals surface area contributed by atoms with Crippen LogP contribution in [0.15, 0.2) is 15.5 Å². The molecule has 21 heavy (non-hydrogen) atoms. The number of aliphatic hydroxyl groups is 1. The normalized spacial score (nSPS) is 13.2. The first kappa shape index (κ1) is 18.1. The van der Waals surface area contributed by atoms with E-state index < -0.39 is 0 Å². The maximum atomic E-state index is 12.2. The van der Waals surface area contributed by atoms with E-state index in [1.165, 1.54) is 4.68 Å². The first-order valence-corrected chi connectivity index (χ1v) is 7.72. The second kappa shape index (κ2) is 7.91. The van der Waals surface area contributed by atoms with Crippen LogP contribution < -0.4 is 10.9 Å². The van der Waals surface area contributed by atoms with Crippen LogP contribution in [-0.4, -0.2) is 41.3 Å². The van der Waals surface area contributed by atoms with E-state index in [9.17, 15) is 9.90 Å². The van der Waals surface area contributed by atoms with E-state index in [0.717, 1.165) is 0 Å². The third kappa shape index (κ3) is 5.09. The molecule has 1 aromatic heterocycles. The van der Waals surface area contributed by atoms with E-state index >= 15 is 0 Å². The summed E-state index contributed by atoms with van der Waals surface area (Å²) in [6, 6.07) is 0.0369. The molecule has 1 rings (SSSR count). The zero-order chi connectivity index (χ0) is 16.0. The average Bonchev–Trinajstić information content (AvgIpc) is 2.41. The van der Waals surface area contributed by atoms with Gasteiger partial charge in [0.2, 0.25) is 0 Å². The molecule has 1 aromatic rings. The lowest BCUT2D eigenvalue weighted by molar-refractivity contribution is 0.181. The molecular weight excluding hydrogens is 338 g/mol. The molecule has 1 unspecified atom stereocenters. The highest BCUT2D eigenvalue weighted by atomic mass is 79.9. The molecule has 2 N–H and O–H groups in total. The molecule has 0 spiro atoms. The second-order valence-electron chi connectivity index (χ2n) is 5.97. The molecule has 0 aliphatic rings. The first-order valence-electron chi connectivity index (χ1n) is 6.93. The van der Waals surface area contributed by atoms with Gasteiger partial charge in [-0.15, -0.1) is 0 Å². The molecule has 0 aromatic carbocycles. The van der Waals surface area contributed by atoms with Crippen molar-refractivity contribution in [1.82, 2.24) is 9.78 Å². The van der Waals surface area contributed by atoms with E-state index in [2.05, 4.69) is 47.1 Å². The smallest absolute Gasteiger partial charge is 0.283 e. The van der Waals surface area contributed by atoms with Gasteiger partial charge in [0.25, 0.3) is 5.56 Å². The molecule has 1 heterocycles. The largest absolute Gasteiger partial charge is 0.396 e. The zero-order valence-electron chi connectivity index (χ0n) is 13.0. The minimum Gasteiger partial charge on any atom is -0.396 e. The number of hydrogen-bond acceptors (Lipinski definition) is 5. The molecule has 0 amide bonds. The summed E-state index contributed by atoms with van der Waals surface area (Å²) >= 11 is 3.33. The second-order valence-corrected chi connectivity index (χ2v) is 6.76. The van der Waals surface area contributed by atoms with Crippen molar-refractivity contribution in [3.8, 4) is 0 Å². The predicted octanol–water partition coefficient (Wildman–Crippen LogP) is 1.86. The fourth-order valence-electron chi connectivity index (χ4n) is 1.94. The standard InChI is InChI=1S/C14H24BrN3O3/c1-14(2,3)11(5-7-19)17-10-9-16-18(6-8-21-4)13(20)12(10)15/h9,11,17,19H,5-8H2,1-4H3. The molecule has 0 bridgehead atoms. The number of ether oxygens (including phenoxy) is 1. The van der Waals surface area contributed by atoms with Crippen LogP contribution in [0.4, 0.5) is 5.69 Å². The van der Waals surface area contributed by atoms with Gasteiger partial charge in [0.05, 0.1) is 25.0 Å². The lowest BCUT2D eigenvalue weighted by Gasteiger charge is -2.32. The van der Waals surface area contributed by atoms with Crippen LogP contribution in [0.1, 0.15) is 27.2 Å². The lowest BCUT2D eigenvalue weighted by Crippen LogP contribution is -2.36. The first-order chi connectivity index (χ1) is 9.81. The summed E-state index contributed by atoms with van der Waals surface area (Å²) < 4.78 is 6.76. The van der Waals surface area contributed by atoms with E-state index in [-0.39, 0.29) is 23.6 Å². The monoisotopic (exact) mass is 361 g/mol. The molecule has 0 aliphatic carbocycles. The lowest BCUT2D eigenvalue weighted by atomic mass is 9.85. The van der Waals surface area contributed by atoms with Gasteiger partial charge in [-0.25, -0.2) is 4.68 Å². The van der Waals surface area contributed by atoms with Crippen LogP contribution in [0.2, 0.25) is 0 Å². The summed E-state index contributed by atoms with van der Waals surface area (Å²) in [6.07, 6.45) is 2.22. The number of rotatable bonds is 7. The highest BCUT2D eigenvalue weighted by Gasteiger charge is 2.25. The molecule has 1 atom stereocenters. The number of hydrogen-bond donors (Lipinski definition) is 2. The Morgan fingerprint density at radius 2 is 2.19 bits per heavy atom. The van der Waals surface area contributed by atoms with Gasteiger partial charge in [0.15, 0.2) is 0 Å². The van der Waals surface area contributed by atoms with Crippen LogP contribution in [0.5, 0.6) is 0 Å². The topological polar surface area (TPSA) is 76.4 Å². The van der Waals surface area contributed by atoms with Crippen LogP contribution in [0.3, 0.4) is 0 Å². The Hall–Kier alpha value is -0.920. The van der Waals surface area contributed by atoms with Crippen molar-refractivity contribution in [3.63, 3.8) is 0 Å². The van der Waals surface area contributed by atoms with Gasteiger partial charge in [-0.2, -0.15) is 5.10 Å². The summed E-state index contributed by atoms with van der Waals surface area (Å²) in [5.74, 6) is 0. The van der Waals surface area contributed by atoms with Crippen LogP contribution >= 0.6 is 15.9 Å². The Kier molecular flexibility index (Phi) is 6.83. The Morgan fingerprint density at radius 3 is 2.71 bits per heavy atom. The number of nitrogens with zero attached hydrogens (tertiary/aromatic N) is 2. The Morgan fingerprint density at radius 1 is 1.52 bits per heavy atom. The van der Waals surface area contributed by atoms with Crippen LogP contribution in [0, 0.1) is 5.41 Å². The van der Waals surface area contributed by atoms with E-state index in [1.54, 1.807) is 13.3 Å². The summed E-state index contributed by atoms with van der Waals surface area (Å²) in [7, 11) is 1.58. The Labute approximate surface area is 133 Å². The number of halogens is 1. The Bertz CT molecular complexity index is 511. The molecule has 0 saturated heterocycles. The van der Waals surface area contributed by atoms with Crippen molar-refractivity contribution in [2.24, 2.45) is 5.41 Å². The summed E-state index contributed by atoms with van der Waals surface area (Å²) in [4.78, 5) is 12.2. The fourth-order valence-corrected chi connectivity index (χ4v) is 2.36. The van der Waals surface area contributed by atoms with Crippen molar-refractivity contribution >= 4 is 21.6 Å². The van der Waals surface area contributed by atoms with Gasteiger partial charge >= 0.3 is 0 Å². The molecule has 0 aliphatic heterocycles. The van der Waals surface area contributed by atoms with Gasteiger partial charge < -0.3 is 15.2 Å². The third-order valence-corrected chi connectivity index (χ3v) is 4.05. The molecule has 0 saturated carbocycles. The van der Waals surface area contributed by atoms with Gasteiger partial charge in [0, 0.05) is 19.8 Å². The molecule has 120 valence electrons. The molecule has 6 nitrogen and oxygen atoms in total. The molecular formula is C14H24BrN3O3. The van der Waals surface area contributed by atoms with E-state index in [0.29, 0.717) is 29.7 Å². The summed E-state index contributed by atoms with van der Waals surface area (Å²) in [5.41, 5.74) is 0.392. The van der Waals surface area contributed by atoms with Crippen LogP contribution in [-0.2, 0) is 11.3 Å². The average molecular weight is 362 g/mol. The highest BCUT2D eigenvalue weighted by Crippen LogP contribution is 2.27. The Balaban J connectivity index is 2.98. The summed E-state index contributed by atoms with van der Waals surface area (Å²) in [5, 5.41) is 16.6. The quantitative estimate of drug-likeness (QED) is 0.774. The SMILES string of the molecule is COCCn1ncc(NC(CCO)C(C)(C)C)c(Br)c1=O. The number of nitrogens with one attached hydrogen (secondary N) is 1. The number of aliphatic hydroxyl groups excluding tert-OH is 1.